The molecule has 0 saturated heterocycles. The highest BCUT2D eigenvalue weighted by molar-refractivity contribution is 7.17. The standard InChI is InChI=1S/C13H15NS/c1-14-9-5-4-6-11-10-15-13-8-3-2-7-12(11)13/h2-4,6-8,10,14H,5,9H2,1H3. The highest BCUT2D eigenvalue weighted by atomic mass is 32.1. The predicted molar refractivity (Wildman–Crippen MR) is 69.4 cm³/mol. The lowest BCUT2D eigenvalue weighted by molar-refractivity contribution is 0.809. The lowest BCUT2D eigenvalue weighted by Gasteiger charge is -1.92. The zero-order chi connectivity index (χ0) is 10.5. The summed E-state index contributed by atoms with van der Waals surface area (Å²) in [5.74, 6) is 0. The Kier molecular flexibility index (Phi) is 3.54. The molecular formula is C13H15NS. The molecule has 0 radical (unpaired) electrons. The summed E-state index contributed by atoms with van der Waals surface area (Å²) in [4.78, 5) is 0. The molecule has 0 fully saturated rings. The highest BCUT2D eigenvalue weighted by Crippen LogP contribution is 2.26. The van der Waals surface area contributed by atoms with Crippen LogP contribution in [-0.2, 0) is 0 Å². The molecule has 1 heterocycles. The van der Waals surface area contributed by atoms with E-state index >= 15 is 0 Å². The summed E-state index contributed by atoms with van der Waals surface area (Å²) in [6, 6.07) is 8.54. The molecule has 15 heavy (non-hydrogen) atoms. The van der Waals surface area contributed by atoms with Gasteiger partial charge < -0.3 is 5.32 Å². The van der Waals surface area contributed by atoms with E-state index in [9.17, 15) is 0 Å². The lowest BCUT2D eigenvalue weighted by atomic mass is 10.1. The molecule has 2 heteroatoms. The Bertz CT molecular complexity index is 456. The van der Waals surface area contributed by atoms with Crippen LogP contribution in [0.15, 0.2) is 35.7 Å². The van der Waals surface area contributed by atoms with Crippen LogP contribution in [0.3, 0.4) is 0 Å². The monoisotopic (exact) mass is 217 g/mol. The molecule has 1 aromatic heterocycles. The Morgan fingerprint density at radius 1 is 1.33 bits per heavy atom. The molecule has 0 aliphatic rings. The third-order valence-corrected chi connectivity index (χ3v) is 3.35. The van der Waals surface area contributed by atoms with Crippen molar-refractivity contribution in [2.75, 3.05) is 13.6 Å². The second kappa shape index (κ2) is 5.10. The molecule has 1 aromatic carbocycles. The van der Waals surface area contributed by atoms with Gasteiger partial charge >= 0.3 is 0 Å². The van der Waals surface area contributed by atoms with Gasteiger partial charge in [0.2, 0.25) is 0 Å². The smallest absolute Gasteiger partial charge is 0.0348 e. The zero-order valence-corrected chi connectivity index (χ0v) is 9.68. The van der Waals surface area contributed by atoms with E-state index in [0.717, 1.165) is 13.0 Å². The molecule has 2 aromatic rings. The molecule has 1 nitrogen and oxygen atoms in total. The quantitative estimate of drug-likeness (QED) is 0.773. The Morgan fingerprint density at radius 2 is 2.20 bits per heavy atom. The largest absolute Gasteiger partial charge is 0.319 e. The van der Waals surface area contributed by atoms with E-state index in [-0.39, 0.29) is 0 Å². The summed E-state index contributed by atoms with van der Waals surface area (Å²) in [5.41, 5.74) is 1.34. The normalized spacial score (nSPS) is 11.5. The van der Waals surface area contributed by atoms with Gasteiger partial charge in [0.15, 0.2) is 0 Å². The molecule has 0 saturated carbocycles. The van der Waals surface area contributed by atoms with Gasteiger partial charge in [0.1, 0.15) is 0 Å². The second-order valence-corrected chi connectivity index (χ2v) is 4.39. The van der Waals surface area contributed by atoms with E-state index in [4.69, 9.17) is 0 Å². The predicted octanol–water partition coefficient (Wildman–Crippen LogP) is 3.52. The Hall–Kier alpha value is -1.12. The van der Waals surface area contributed by atoms with Crippen molar-refractivity contribution in [2.24, 2.45) is 0 Å². The minimum atomic E-state index is 1.04. The maximum atomic E-state index is 3.14. The Labute approximate surface area is 94.4 Å². The van der Waals surface area contributed by atoms with Crippen LogP contribution in [-0.4, -0.2) is 13.6 Å². The fourth-order valence-electron chi connectivity index (χ4n) is 1.57. The molecule has 0 unspecified atom stereocenters. The first-order chi connectivity index (χ1) is 7.42. The van der Waals surface area contributed by atoms with Crippen molar-refractivity contribution in [1.29, 1.82) is 0 Å². The Balaban J connectivity index is 2.17. The molecule has 0 amide bonds. The maximum Gasteiger partial charge on any atom is 0.0348 e. The van der Waals surface area contributed by atoms with Crippen molar-refractivity contribution in [2.45, 2.75) is 6.42 Å². The maximum absolute atomic E-state index is 3.14. The zero-order valence-electron chi connectivity index (χ0n) is 8.86. The molecule has 0 aliphatic heterocycles. The third-order valence-electron chi connectivity index (χ3n) is 2.37. The molecule has 78 valence electrons. The van der Waals surface area contributed by atoms with Gasteiger partial charge in [-0.3, -0.25) is 0 Å². The van der Waals surface area contributed by atoms with Gasteiger partial charge in [-0.15, -0.1) is 11.3 Å². The van der Waals surface area contributed by atoms with Gasteiger partial charge in [0, 0.05) is 4.70 Å². The summed E-state index contributed by atoms with van der Waals surface area (Å²) in [6.07, 6.45) is 5.53. The first-order valence-electron chi connectivity index (χ1n) is 5.19. The van der Waals surface area contributed by atoms with E-state index in [1.807, 2.05) is 18.4 Å². The average molecular weight is 217 g/mol. The number of thiophene rings is 1. The van der Waals surface area contributed by atoms with Gasteiger partial charge in [-0.1, -0.05) is 30.4 Å². The van der Waals surface area contributed by atoms with Gasteiger partial charge in [0.25, 0.3) is 0 Å². The van der Waals surface area contributed by atoms with Crippen LogP contribution in [0.5, 0.6) is 0 Å². The molecule has 0 atom stereocenters. The summed E-state index contributed by atoms with van der Waals surface area (Å²) in [6.45, 7) is 1.04. The topological polar surface area (TPSA) is 12.0 Å². The van der Waals surface area contributed by atoms with Crippen molar-refractivity contribution in [3.05, 3.63) is 41.3 Å². The minimum absolute atomic E-state index is 1.04. The van der Waals surface area contributed by atoms with Gasteiger partial charge in [-0.25, -0.2) is 0 Å². The highest BCUT2D eigenvalue weighted by Gasteiger charge is 1.98. The molecule has 0 bridgehead atoms. The molecular weight excluding hydrogens is 202 g/mol. The molecule has 2 rings (SSSR count). The van der Waals surface area contributed by atoms with E-state index in [2.05, 4.69) is 47.1 Å². The molecule has 1 N–H and O–H groups in total. The van der Waals surface area contributed by atoms with Crippen molar-refractivity contribution in [3.8, 4) is 0 Å². The second-order valence-electron chi connectivity index (χ2n) is 3.48. The van der Waals surface area contributed by atoms with Crippen molar-refractivity contribution in [3.63, 3.8) is 0 Å². The summed E-state index contributed by atoms with van der Waals surface area (Å²) in [5, 5.41) is 6.72. The van der Waals surface area contributed by atoms with Crippen molar-refractivity contribution >= 4 is 27.5 Å². The number of benzene rings is 1. The number of fused-ring (bicyclic) bond motifs is 1. The van der Waals surface area contributed by atoms with Gasteiger partial charge in [-0.2, -0.15) is 0 Å². The van der Waals surface area contributed by atoms with Crippen LogP contribution in [0.1, 0.15) is 12.0 Å². The van der Waals surface area contributed by atoms with Crippen LogP contribution in [0.4, 0.5) is 0 Å². The first-order valence-corrected chi connectivity index (χ1v) is 6.07. The molecule has 0 spiro atoms. The minimum Gasteiger partial charge on any atom is -0.319 e. The summed E-state index contributed by atoms with van der Waals surface area (Å²) < 4.78 is 1.37. The molecule has 0 aliphatic carbocycles. The first kappa shape index (κ1) is 10.4. The average Bonchev–Trinajstić information content (AvgIpc) is 2.68. The van der Waals surface area contributed by atoms with Crippen LogP contribution in [0.25, 0.3) is 16.2 Å². The number of hydrogen-bond acceptors (Lipinski definition) is 2. The number of hydrogen-bond donors (Lipinski definition) is 1. The van der Waals surface area contributed by atoms with E-state index in [1.165, 1.54) is 15.6 Å². The third kappa shape index (κ3) is 2.46. The SMILES string of the molecule is CNCCC=Cc1csc2ccccc12. The van der Waals surface area contributed by atoms with E-state index in [0.29, 0.717) is 0 Å². The van der Waals surface area contributed by atoms with E-state index < -0.39 is 0 Å². The fourth-order valence-corrected chi connectivity index (χ4v) is 2.49. The van der Waals surface area contributed by atoms with Crippen LogP contribution < -0.4 is 5.32 Å². The lowest BCUT2D eigenvalue weighted by Crippen LogP contribution is -2.05. The van der Waals surface area contributed by atoms with Gasteiger partial charge in [-0.05, 0) is 42.4 Å². The van der Waals surface area contributed by atoms with Crippen molar-refractivity contribution in [1.82, 2.24) is 5.32 Å². The Morgan fingerprint density at radius 3 is 3.07 bits per heavy atom. The summed E-state index contributed by atoms with van der Waals surface area (Å²) in [7, 11) is 1.98. The number of nitrogens with one attached hydrogen (secondary N) is 1. The van der Waals surface area contributed by atoms with Crippen LogP contribution >= 0.6 is 11.3 Å². The van der Waals surface area contributed by atoms with E-state index in [1.54, 1.807) is 0 Å². The fraction of sp³-hybridized carbons (Fsp3) is 0.231. The van der Waals surface area contributed by atoms with Crippen LogP contribution in [0, 0.1) is 0 Å². The van der Waals surface area contributed by atoms with Gasteiger partial charge in [0.05, 0.1) is 0 Å². The summed E-state index contributed by atoms with van der Waals surface area (Å²) >= 11 is 1.81. The van der Waals surface area contributed by atoms with Crippen molar-refractivity contribution < 1.29 is 0 Å². The number of rotatable bonds is 4. The van der Waals surface area contributed by atoms with Crippen LogP contribution in [0.2, 0.25) is 0 Å².